The Bertz CT molecular complexity index is 679. The van der Waals surface area contributed by atoms with Crippen LogP contribution in [-0.4, -0.2) is 13.7 Å². The Morgan fingerprint density at radius 1 is 1.08 bits per heavy atom. The zero-order valence-electron chi connectivity index (χ0n) is 14.8. The van der Waals surface area contributed by atoms with E-state index in [9.17, 15) is 4.39 Å². The van der Waals surface area contributed by atoms with Crippen LogP contribution in [0, 0.1) is 5.82 Å². The van der Waals surface area contributed by atoms with Crippen LogP contribution in [0.25, 0.3) is 0 Å². The SMILES string of the molecule is CCCCCNCc1cc(OC)c(OCc2ccccc2F)cc1Cl. The van der Waals surface area contributed by atoms with Crippen LogP contribution in [0.3, 0.4) is 0 Å². The van der Waals surface area contributed by atoms with Crippen LogP contribution in [0.15, 0.2) is 36.4 Å². The molecule has 2 rings (SSSR count). The van der Waals surface area contributed by atoms with Gasteiger partial charge in [-0.15, -0.1) is 0 Å². The number of rotatable bonds is 10. The number of hydrogen-bond acceptors (Lipinski definition) is 3. The van der Waals surface area contributed by atoms with Crippen LogP contribution in [0.2, 0.25) is 5.02 Å². The van der Waals surface area contributed by atoms with Crippen LogP contribution in [-0.2, 0) is 13.2 Å². The van der Waals surface area contributed by atoms with Gasteiger partial charge in [-0.05, 0) is 30.7 Å². The lowest BCUT2D eigenvalue weighted by Gasteiger charge is -2.14. The zero-order chi connectivity index (χ0) is 18.1. The van der Waals surface area contributed by atoms with E-state index in [1.54, 1.807) is 31.4 Å². The van der Waals surface area contributed by atoms with Gasteiger partial charge in [-0.2, -0.15) is 0 Å². The third-order valence-corrected chi connectivity index (χ3v) is 4.30. The number of nitrogens with one attached hydrogen (secondary N) is 1. The summed E-state index contributed by atoms with van der Waals surface area (Å²) < 4.78 is 24.8. The summed E-state index contributed by atoms with van der Waals surface area (Å²) in [6, 6.07) is 10.1. The molecule has 2 aromatic rings. The third-order valence-electron chi connectivity index (χ3n) is 3.95. The van der Waals surface area contributed by atoms with E-state index in [2.05, 4.69) is 12.2 Å². The van der Waals surface area contributed by atoms with Gasteiger partial charge in [-0.3, -0.25) is 0 Å². The average molecular weight is 366 g/mol. The number of unbranched alkanes of at least 4 members (excludes halogenated alkanes) is 2. The first-order valence-corrected chi connectivity index (χ1v) is 8.96. The van der Waals surface area contributed by atoms with Crippen molar-refractivity contribution in [1.29, 1.82) is 0 Å². The molecule has 0 aliphatic rings. The van der Waals surface area contributed by atoms with Gasteiger partial charge in [-0.25, -0.2) is 4.39 Å². The van der Waals surface area contributed by atoms with Gasteiger partial charge in [0.05, 0.1) is 7.11 Å². The van der Waals surface area contributed by atoms with E-state index in [4.69, 9.17) is 21.1 Å². The quantitative estimate of drug-likeness (QED) is 0.576. The van der Waals surface area contributed by atoms with Crippen molar-refractivity contribution >= 4 is 11.6 Å². The van der Waals surface area contributed by atoms with E-state index >= 15 is 0 Å². The number of hydrogen-bond donors (Lipinski definition) is 1. The molecule has 0 saturated heterocycles. The summed E-state index contributed by atoms with van der Waals surface area (Å²) in [5.41, 5.74) is 1.44. The maximum absolute atomic E-state index is 13.7. The molecule has 25 heavy (non-hydrogen) atoms. The highest BCUT2D eigenvalue weighted by Crippen LogP contribution is 2.34. The van der Waals surface area contributed by atoms with Crippen LogP contribution < -0.4 is 14.8 Å². The smallest absolute Gasteiger partial charge is 0.163 e. The highest BCUT2D eigenvalue weighted by atomic mass is 35.5. The summed E-state index contributed by atoms with van der Waals surface area (Å²) in [7, 11) is 1.58. The van der Waals surface area contributed by atoms with Gasteiger partial charge < -0.3 is 14.8 Å². The largest absolute Gasteiger partial charge is 0.493 e. The lowest BCUT2D eigenvalue weighted by Crippen LogP contribution is -2.15. The Morgan fingerprint density at radius 2 is 1.88 bits per heavy atom. The first kappa shape index (κ1) is 19.5. The summed E-state index contributed by atoms with van der Waals surface area (Å²) in [4.78, 5) is 0. The van der Waals surface area contributed by atoms with Gasteiger partial charge >= 0.3 is 0 Å². The van der Waals surface area contributed by atoms with Gasteiger partial charge in [-0.1, -0.05) is 49.6 Å². The first-order valence-electron chi connectivity index (χ1n) is 8.59. The predicted octanol–water partition coefficient (Wildman–Crippen LogP) is 5.35. The van der Waals surface area contributed by atoms with E-state index in [0.717, 1.165) is 18.5 Å². The van der Waals surface area contributed by atoms with Crippen LogP contribution in [0.1, 0.15) is 37.3 Å². The molecule has 0 aliphatic heterocycles. The van der Waals surface area contributed by atoms with Crippen LogP contribution in [0.4, 0.5) is 4.39 Å². The molecule has 0 bridgehead atoms. The molecule has 0 aromatic heterocycles. The van der Waals surface area contributed by atoms with Crippen molar-refractivity contribution in [1.82, 2.24) is 5.32 Å². The number of methoxy groups -OCH3 is 1. The van der Waals surface area contributed by atoms with E-state index in [0.29, 0.717) is 28.6 Å². The predicted molar refractivity (Wildman–Crippen MR) is 100.0 cm³/mol. The maximum atomic E-state index is 13.7. The molecule has 0 heterocycles. The van der Waals surface area contributed by atoms with Crippen molar-refractivity contribution in [2.24, 2.45) is 0 Å². The minimum absolute atomic E-state index is 0.119. The van der Waals surface area contributed by atoms with Gasteiger partial charge in [0.15, 0.2) is 11.5 Å². The van der Waals surface area contributed by atoms with E-state index in [-0.39, 0.29) is 12.4 Å². The Kier molecular flexibility index (Phi) is 8.02. The van der Waals surface area contributed by atoms with Crippen molar-refractivity contribution in [3.8, 4) is 11.5 Å². The fourth-order valence-electron chi connectivity index (χ4n) is 2.48. The zero-order valence-corrected chi connectivity index (χ0v) is 15.5. The molecular weight excluding hydrogens is 341 g/mol. The highest BCUT2D eigenvalue weighted by molar-refractivity contribution is 6.31. The molecule has 0 spiro atoms. The first-order chi connectivity index (χ1) is 12.2. The van der Waals surface area contributed by atoms with Crippen molar-refractivity contribution in [3.05, 3.63) is 58.4 Å². The molecule has 1 N–H and O–H groups in total. The standard InChI is InChI=1S/C20H25ClFNO2/c1-3-4-7-10-23-13-16-11-19(24-2)20(12-17(16)21)25-14-15-8-5-6-9-18(15)22/h5-6,8-9,11-12,23H,3-4,7,10,13-14H2,1-2H3. The number of ether oxygens (including phenoxy) is 2. The summed E-state index contributed by atoms with van der Waals surface area (Å²) in [5.74, 6) is 0.803. The lowest BCUT2D eigenvalue weighted by atomic mass is 10.2. The molecule has 5 heteroatoms. The van der Waals surface area contributed by atoms with E-state index in [1.807, 2.05) is 6.07 Å². The molecule has 0 atom stereocenters. The summed E-state index contributed by atoms with van der Waals surface area (Å²) >= 11 is 6.36. The van der Waals surface area contributed by atoms with Crippen molar-refractivity contribution in [2.45, 2.75) is 39.3 Å². The molecular formula is C20H25ClFNO2. The molecule has 3 nitrogen and oxygen atoms in total. The van der Waals surface area contributed by atoms with Crippen LogP contribution in [0.5, 0.6) is 11.5 Å². The number of halogens is 2. The minimum atomic E-state index is -0.291. The van der Waals surface area contributed by atoms with Crippen molar-refractivity contribution < 1.29 is 13.9 Å². The second-order valence-electron chi connectivity index (χ2n) is 5.86. The summed E-state index contributed by atoms with van der Waals surface area (Å²) in [6.45, 7) is 3.93. The van der Waals surface area contributed by atoms with Crippen molar-refractivity contribution in [3.63, 3.8) is 0 Å². The third kappa shape index (κ3) is 5.91. The molecule has 0 aliphatic carbocycles. The fraction of sp³-hybridized carbons (Fsp3) is 0.400. The second-order valence-corrected chi connectivity index (χ2v) is 6.27. The molecule has 2 aromatic carbocycles. The Balaban J connectivity index is 2.01. The van der Waals surface area contributed by atoms with Gasteiger partial charge in [0.1, 0.15) is 12.4 Å². The minimum Gasteiger partial charge on any atom is -0.493 e. The van der Waals surface area contributed by atoms with E-state index in [1.165, 1.54) is 18.9 Å². The topological polar surface area (TPSA) is 30.5 Å². The molecule has 0 unspecified atom stereocenters. The fourth-order valence-corrected chi connectivity index (χ4v) is 2.70. The molecule has 0 radical (unpaired) electrons. The Hall–Kier alpha value is -1.78. The monoisotopic (exact) mass is 365 g/mol. The maximum Gasteiger partial charge on any atom is 0.163 e. The second kappa shape index (κ2) is 10.3. The summed E-state index contributed by atoms with van der Waals surface area (Å²) in [5, 5.41) is 3.99. The Labute approximate surface area is 154 Å². The molecule has 136 valence electrons. The van der Waals surface area contributed by atoms with Crippen molar-refractivity contribution in [2.75, 3.05) is 13.7 Å². The summed E-state index contributed by atoms with van der Waals surface area (Å²) in [6.07, 6.45) is 3.56. The molecule has 0 saturated carbocycles. The van der Waals surface area contributed by atoms with E-state index < -0.39 is 0 Å². The van der Waals surface area contributed by atoms with Crippen LogP contribution >= 0.6 is 11.6 Å². The average Bonchev–Trinajstić information content (AvgIpc) is 2.62. The normalized spacial score (nSPS) is 10.7. The highest BCUT2D eigenvalue weighted by Gasteiger charge is 2.11. The lowest BCUT2D eigenvalue weighted by molar-refractivity contribution is 0.279. The Morgan fingerprint density at radius 3 is 2.60 bits per heavy atom. The van der Waals surface area contributed by atoms with Gasteiger partial charge in [0, 0.05) is 23.2 Å². The van der Waals surface area contributed by atoms with Gasteiger partial charge in [0.25, 0.3) is 0 Å². The molecule has 0 fully saturated rings. The molecule has 0 amide bonds. The van der Waals surface area contributed by atoms with Gasteiger partial charge in [0.2, 0.25) is 0 Å². The number of benzene rings is 2.